The van der Waals surface area contributed by atoms with Crippen LogP contribution in [-0.2, 0) is 16.0 Å². The minimum atomic E-state index is -2.76. The number of carbonyl (C=O) groups excluding carboxylic acids is 1. The van der Waals surface area contributed by atoms with Crippen molar-refractivity contribution in [3.8, 4) is 0 Å². The Kier molecular flexibility index (Phi) is 4.85. The third-order valence-corrected chi connectivity index (χ3v) is 4.76. The first-order valence-corrected chi connectivity index (χ1v) is 8.21. The van der Waals surface area contributed by atoms with Crippen molar-refractivity contribution in [2.24, 2.45) is 5.92 Å². The number of halogens is 2. The molecule has 1 saturated heterocycles. The number of amides is 1. The second-order valence-electron chi connectivity index (χ2n) is 6.36. The third-order valence-electron chi connectivity index (χ3n) is 4.76. The van der Waals surface area contributed by atoms with E-state index in [0.717, 1.165) is 16.5 Å². The molecule has 1 unspecified atom stereocenters. The van der Waals surface area contributed by atoms with Gasteiger partial charge in [-0.3, -0.25) is 4.79 Å². The van der Waals surface area contributed by atoms with E-state index in [1.807, 2.05) is 30.5 Å². The van der Waals surface area contributed by atoms with Crippen molar-refractivity contribution in [1.29, 1.82) is 0 Å². The summed E-state index contributed by atoms with van der Waals surface area (Å²) in [6.07, 6.45) is 2.55. The summed E-state index contributed by atoms with van der Waals surface area (Å²) >= 11 is 0. The van der Waals surface area contributed by atoms with Crippen molar-refractivity contribution < 1.29 is 18.3 Å². The molecule has 0 aliphatic carbocycles. The van der Waals surface area contributed by atoms with Crippen LogP contribution >= 0.6 is 0 Å². The molecule has 1 atom stereocenters. The Labute approximate surface area is 139 Å². The van der Waals surface area contributed by atoms with Crippen LogP contribution in [0.25, 0.3) is 10.9 Å². The van der Waals surface area contributed by atoms with Crippen LogP contribution in [0.3, 0.4) is 0 Å². The number of likely N-dealkylation sites (tertiary alicyclic amines) is 1. The minimum Gasteiger partial charge on any atom is -0.384 e. The Morgan fingerprint density at radius 2 is 2.21 bits per heavy atom. The van der Waals surface area contributed by atoms with Crippen molar-refractivity contribution in [1.82, 2.24) is 9.88 Å². The molecule has 0 spiro atoms. The largest absolute Gasteiger partial charge is 0.384 e. The summed E-state index contributed by atoms with van der Waals surface area (Å²) in [7, 11) is 1.41. The number of nitrogens with one attached hydrogen (secondary N) is 1. The molecule has 2 aromatic rings. The first kappa shape index (κ1) is 16.9. The molecule has 6 heteroatoms. The Bertz CT molecular complexity index is 714. The van der Waals surface area contributed by atoms with Gasteiger partial charge >= 0.3 is 0 Å². The SMILES string of the molecule is COCC1CN(C(=O)CCc2c[nH]c3ccccc23)CCC1(F)F. The van der Waals surface area contributed by atoms with Crippen molar-refractivity contribution in [2.75, 3.05) is 26.8 Å². The number of alkyl halides is 2. The fraction of sp³-hybridized carbons (Fsp3) is 0.500. The Morgan fingerprint density at radius 1 is 1.42 bits per heavy atom. The van der Waals surface area contributed by atoms with E-state index in [-0.39, 0.29) is 32.0 Å². The molecule has 2 heterocycles. The van der Waals surface area contributed by atoms with Crippen LogP contribution in [0.2, 0.25) is 0 Å². The average molecular weight is 336 g/mol. The van der Waals surface area contributed by atoms with E-state index in [9.17, 15) is 13.6 Å². The highest BCUT2D eigenvalue weighted by atomic mass is 19.3. The number of rotatable bonds is 5. The van der Waals surface area contributed by atoms with Gasteiger partial charge in [0.15, 0.2) is 0 Å². The molecule has 1 aromatic heterocycles. The number of piperidine rings is 1. The van der Waals surface area contributed by atoms with E-state index in [1.165, 1.54) is 7.11 Å². The maximum atomic E-state index is 13.9. The number of aryl methyl sites for hydroxylation is 1. The van der Waals surface area contributed by atoms with Gasteiger partial charge in [0.05, 0.1) is 12.5 Å². The number of para-hydroxylation sites is 1. The lowest BCUT2D eigenvalue weighted by molar-refractivity contribution is -0.150. The second-order valence-corrected chi connectivity index (χ2v) is 6.36. The highest BCUT2D eigenvalue weighted by molar-refractivity contribution is 5.84. The summed E-state index contributed by atoms with van der Waals surface area (Å²) in [4.78, 5) is 17.2. The molecule has 0 saturated carbocycles. The summed E-state index contributed by atoms with van der Waals surface area (Å²) in [5.74, 6) is -3.76. The normalized spacial score (nSPS) is 20.5. The minimum absolute atomic E-state index is 0.0285. The molecule has 4 nitrogen and oxygen atoms in total. The molecule has 1 amide bonds. The van der Waals surface area contributed by atoms with E-state index in [4.69, 9.17) is 4.74 Å². The van der Waals surface area contributed by atoms with E-state index < -0.39 is 11.8 Å². The monoisotopic (exact) mass is 336 g/mol. The van der Waals surface area contributed by atoms with Crippen LogP contribution in [0, 0.1) is 5.92 Å². The van der Waals surface area contributed by atoms with Gasteiger partial charge in [-0.15, -0.1) is 0 Å². The number of hydrogen-bond donors (Lipinski definition) is 1. The quantitative estimate of drug-likeness (QED) is 0.911. The highest BCUT2D eigenvalue weighted by Crippen LogP contribution is 2.34. The zero-order valence-corrected chi connectivity index (χ0v) is 13.7. The van der Waals surface area contributed by atoms with Crippen LogP contribution < -0.4 is 0 Å². The molecule has 130 valence electrons. The van der Waals surface area contributed by atoms with Crippen molar-refractivity contribution in [3.63, 3.8) is 0 Å². The molecule has 0 radical (unpaired) electrons. The molecule has 1 fully saturated rings. The lowest BCUT2D eigenvalue weighted by Crippen LogP contribution is -2.50. The molecule has 0 bridgehead atoms. The number of aromatic nitrogens is 1. The number of hydrogen-bond acceptors (Lipinski definition) is 2. The van der Waals surface area contributed by atoms with Gasteiger partial charge in [0, 0.05) is 50.1 Å². The van der Waals surface area contributed by atoms with Crippen LogP contribution in [0.1, 0.15) is 18.4 Å². The lowest BCUT2D eigenvalue weighted by atomic mass is 9.94. The third kappa shape index (κ3) is 3.43. The van der Waals surface area contributed by atoms with Crippen molar-refractivity contribution in [3.05, 3.63) is 36.0 Å². The highest BCUT2D eigenvalue weighted by Gasteiger charge is 2.44. The fourth-order valence-electron chi connectivity index (χ4n) is 3.32. The van der Waals surface area contributed by atoms with Gasteiger partial charge in [-0.2, -0.15) is 0 Å². The Hall–Kier alpha value is -1.95. The maximum absolute atomic E-state index is 13.9. The predicted molar refractivity (Wildman–Crippen MR) is 88.1 cm³/mol. The van der Waals surface area contributed by atoms with E-state index >= 15 is 0 Å². The number of nitrogens with zero attached hydrogens (tertiary/aromatic N) is 1. The number of aromatic amines is 1. The van der Waals surface area contributed by atoms with Crippen LogP contribution in [0.15, 0.2) is 30.5 Å². The van der Waals surface area contributed by atoms with Crippen LogP contribution in [-0.4, -0.2) is 48.5 Å². The van der Waals surface area contributed by atoms with Gasteiger partial charge in [0.2, 0.25) is 5.91 Å². The van der Waals surface area contributed by atoms with Gasteiger partial charge in [-0.1, -0.05) is 18.2 Å². The van der Waals surface area contributed by atoms with Gasteiger partial charge in [-0.05, 0) is 18.1 Å². The Balaban J connectivity index is 1.61. The molecule has 1 N–H and O–H groups in total. The standard InChI is InChI=1S/C18H22F2N2O2/c1-24-12-14-11-22(9-8-18(14,19)20)17(23)7-6-13-10-21-16-5-3-2-4-15(13)16/h2-5,10,14,21H,6-9,11-12H2,1H3. The molecular weight excluding hydrogens is 314 g/mol. The smallest absolute Gasteiger partial charge is 0.256 e. The number of carbonyl (C=O) groups is 1. The summed E-state index contributed by atoms with van der Waals surface area (Å²) in [6, 6.07) is 7.92. The zero-order valence-electron chi connectivity index (χ0n) is 13.7. The molecular formula is C18H22F2N2O2. The fourth-order valence-corrected chi connectivity index (χ4v) is 3.32. The van der Waals surface area contributed by atoms with Gasteiger partial charge in [-0.25, -0.2) is 8.78 Å². The maximum Gasteiger partial charge on any atom is 0.256 e. The molecule has 3 rings (SSSR count). The number of fused-ring (bicyclic) bond motifs is 1. The zero-order chi connectivity index (χ0) is 17.2. The summed E-state index contributed by atoms with van der Waals surface area (Å²) < 4.78 is 32.6. The molecule has 1 aliphatic heterocycles. The number of benzene rings is 1. The number of H-pyrrole nitrogens is 1. The first-order chi connectivity index (χ1) is 11.5. The van der Waals surface area contributed by atoms with E-state index in [0.29, 0.717) is 12.8 Å². The Morgan fingerprint density at radius 3 is 3.00 bits per heavy atom. The lowest BCUT2D eigenvalue weighted by Gasteiger charge is -2.38. The van der Waals surface area contributed by atoms with Gasteiger partial charge in [0.25, 0.3) is 5.92 Å². The summed E-state index contributed by atoms with van der Waals surface area (Å²) in [5.41, 5.74) is 2.12. The molecule has 24 heavy (non-hydrogen) atoms. The molecule has 1 aromatic carbocycles. The van der Waals surface area contributed by atoms with Crippen molar-refractivity contribution in [2.45, 2.75) is 25.2 Å². The second kappa shape index (κ2) is 6.89. The first-order valence-electron chi connectivity index (χ1n) is 8.21. The topological polar surface area (TPSA) is 45.3 Å². The van der Waals surface area contributed by atoms with Crippen molar-refractivity contribution >= 4 is 16.8 Å². The predicted octanol–water partition coefficient (Wildman–Crippen LogP) is 3.23. The van der Waals surface area contributed by atoms with E-state index in [1.54, 1.807) is 4.90 Å². The van der Waals surface area contributed by atoms with Crippen LogP contribution in [0.5, 0.6) is 0 Å². The van der Waals surface area contributed by atoms with E-state index in [2.05, 4.69) is 4.98 Å². The molecule has 1 aliphatic rings. The summed E-state index contributed by atoms with van der Waals surface area (Å²) in [6.45, 7) is 0.146. The average Bonchev–Trinajstić information content (AvgIpc) is 2.98. The van der Waals surface area contributed by atoms with Gasteiger partial charge < -0.3 is 14.6 Å². The number of ether oxygens (including phenoxy) is 1. The number of methoxy groups -OCH3 is 1. The van der Waals surface area contributed by atoms with Gasteiger partial charge in [0.1, 0.15) is 0 Å². The summed E-state index contributed by atoms with van der Waals surface area (Å²) in [5, 5.41) is 1.10. The van der Waals surface area contributed by atoms with Crippen LogP contribution in [0.4, 0.5) is 8.78 Å².